The molecule has 6 nitrogen and oxygen atoms in total. The van der Waals surface area contributed by atoms with Crippen LogP contribution >= 0.6 is 11.8 Å². The molecule has 3 aromatic rings. The van der Waals surface area contributed by atoms with E-state index in [1.54, 1.807) is 12.1 Å². The summed E-state index contributed by atoms with van der Waals surface area (Å²) in [4.78, 5) is 21.2. The van der Waals surface area contributed by atoms with Crippen molar-refractivity contribution in [3.05, 3.63) is 48.8 Å². The predicted octanol–water partition coefficient (Wildman–Crippen LogP) is 3.52. The second-order valence-corrected chi connectivity index (χ2v) is 7.13. The van der Waals surface area contributed by atoms with E-state index in [4.69, 9.17) is 9.47 Å². The molecule has 1 amide bonds. The Hall–Kier alpha value is -2.80. The summed E-state index contributed by atoms with van der Waals surface area (Å²) in [6.45, 7) is 2.91. The first-order chi connectivity index (χ1) is 12.7. The summed E-state index contributed by atoms with van der Waals surface area (Å²) < 4.78 is 11.0. The average molecular weight is 367 g/mol. The number of benzene rings is 2. The summed E-state index contributed by atoms with van der Waals surface area (Å²) in [5.41, 5.74) is 1.55. The first-order valence-electron chi connectivity index (χ1n) is 8.27. The van der Waals surface area contributed by atoms with Gasteiger partial charge in [0.15, 0.2) is 11.5 Å². The normalized spacial score (nSPS) is 14.0. The molecule has 1 atom stereocenters. The fraction of sp³-hybridized carbons (Fsp3) is 0.211. The third kappa shape index (κ3) is 3.43. The summed E-state index contributed by atoms with van der Waals surface area (Å²) in [7, 11) is 0. The Balaban J connectivity index is 1.48. The molecule has 1 N–H and O–H groups in total. The largest absolute Gasteiger partial charge is 0.486 e. The lowest BCUT2D eigenvalue weighted by Gasteiger charge is -2.19. The Kier molecular flexibility index (Phi) is 4.62. The van der Waals surface area contributed by atoms with Crippen molar-refractivity contribution in [2.75, 3.05) is 18.5 Å². The van der Waals surface area contributed by atoms with Gasteiger partial charge in [-0.1, -0.05) is 30.0 Å². The van der Waals surface area contributed by atoms with E-state index >= 15 is 0 Å². The lowest BCUT2D eigenvalue weighted by molar-refractivity contribution is -0.115. The van der Waals surface area contributed by atoms with Crippen molar-refractivity contribution in [3.8, 4) is 11.5 Å². The maximum absolute atomic E-state index is 12.6. The third-order valence-electron chi connectivity index (χ3n) is 3.97. The highest BCUT2D eigenvalue weighted by Crippen LogP contribution is 2.33. The molecular weight excluding hydrogens is 350 g/mol. The predicted molar refractivity (Wildman–Crippen MR) is 101 cm³/mol. The zero-order chi connectivity index (χ0) is 17.9. The van der Waals surface area contributed by atoms with E-state index in [9.17, 15) is 4.79 Å². The number of aromatic nitrogens is 2. The number of para-hydroxylation sites is 1. The molecule has 0 unspecified atom stereocenters. The quantitative estimate of drug-likeness (QED) is 0.562. The number of amides is 1. The number of hydrogen-bond donors (Lipinski definition) is 1. The van der Waals surface area contributed by atoms with Crippen LogP contribution in [0.2, 0.25) is 0 Å². The fourth-order valence-electron chi connectivity index (χ4n) is 2.66. The highest BCUT2D eigenvalue weighted by Gasteiger charge is 2.18. The van der Waals surface area contributed by atoms with E-state index in [0.29, 0.717) is 30.4 Å². The Morgan fingerprint density at radius 1 is 1.12 bits per heavy atom. The van der Waals surface area contributed by atoms with Gasteiger partial charge in [0.25, 0.3) is 0 Å². The van der Waals surface area contributed by atoms with Crippen LogP contribution in [0.4, 0.5) is 5.69 Å². The average Bonchev–Trinajstić information content (AvgIpc) is 2.68. The molecule has 2 heterocycles. The second kappa shape index (κ2) is 7.21. The molecule has 132 valence electrons. The van der Waals surface area contributed by atoms with Gasteiger partial charge in [0.05, 0.1) is 10.8 Å². The number of nitrogens with zero attached hydrogens (tertiary/aromatic N) is 2. The van der Waals surface area contributed by atoms with Gasteiger partial charge in [-0.15, -0.1) is 0 Å². The molecule has 0 radical (unpaired) electrons. The monoisotopic (exact) mass is 367 g/mol. The number of nitrogens with one attached hydrogen (secondary N) is 1. The topological polar surface area (TPSA) is 73.3 Å². The summed E-state index contributed by atoms with van der Waals surface area (Å²) in [5.74, 6) is 1.25. The molecule has 0 saturated carbocycles. The van der Waals surface area contributed by atoms with Gasteiger partial charge in [0, 0.05) is 17.1 Å². The number of fused-ring (bicyclic) bond motifs is 2. The zero-order valence-corrected chi connectivity index (χ0v) is 15.0. The maximum atomic E-state index is 12.6. The van der Waals surface area contributed by atoms with Crippen LogP contribution in [0.3, 0.4) is 0 Å². The highest BCUT2D eigenvalue weighted by atomic mass is 32.2. The van der Waals surface area contributed by atoms with E-state index in [1.165, 1.54) is 18.1 Å². The molecule has 0 saturated heterocycles. The molecule has 0 bridgehead atoms. The Morgan fingerprint density at radius 3 is 2.81 bits per heavy atom. The fourth-order valence-corrected chi connectivity index (χ4v) is 3.57. The summed E-state index contributed by atoms with van der Waals surface area (Å²) >= 11 is 1.41. The third-order valence-corrected chi connectivity index (χ3v) is 5.09. The van der Waals surface area contributed by atoms with Gasteiger partial charge in [0.1, 0.15) is 24.6 Å². The molecule has 26 heavy (non-hydrogen) atoms. The second-order valence-electron chi connectivity index (χ2n) is 5.80. The smallest absolute Gasteiger partial charge is 0.237 e. The number of hydrogen-bond acceptors (Lipinski definition) is 6. The molecule has 0 fully saturated rings. The number of carbonyl (C=O) groups excluding carboxylic acids is 1. The van der Waals surface area contributed by atoms with Crippen LogP contribution in [0.15, 0.2) is 53.8 Å². The molecule has 1 aliphatic rings. The van der Waals surface area contributed by atoms with Gasteiger partial charge in [-0.25, -0.2) is 9.97 Å². The van der Waals surface area contributed by atoms with E-state index in [0.717, 1.165) is 15.9 Å². The molecule has 0 aliphatic carbocycles. The van der Waals surface area contributed by atoms with E-state index < -0.39 is 0 Å². The number of anilines is 1. The van der Waals surface area contributed by atoms with Crippen molar-refractivity contribution in [2.45, 2.75) is 17.2 Å². The first kappa shape index (κ1) is 16.7. The van der Waals surface area contributed by atoms with Crippen molar-refractivity contribution in [1.29, 1.82) is 0 Å². The number of ether oxygens (including phenoxy) is 2. The summed E-state index contributed by atoms with van der Waals surface area (Å²) in [6, 6.07) is 13.2. The van der Waals surface area contributed by atoms with Crippen molar-refractivity contribution < 1.29 is 14.3 Å². The van der Waals surface area contributed by atoms with Crippen LogP contribution < -0.4 is 14.8 Å². The molecule has 1 aliphatic heterocycles. The molecule has 0 spiro atoms. The lowest BCUT2D eigenvalue weighted by atomic mass is 10.2. The maximum Gasteiger partial charge on any atom is 0.237 e. The van der Waals surface area contributed by atoms with Crippen LogP contribution in [0.1, 0.15) is 6.92 Å². The number of rotatable bonds is 4. The van der Waals surface area contributed by atoms with Gasteiger partial charge in [-0.2, -0.15) is 0 Å². The standard InChI is InChI=1S/C19H17N3O3S/c1-12(26-19-14-4-2-3-5-15(14)20-11-21-19)18(23)22-13-6-7-16-17(10-13)25-9-8-24-16/h2-7,10-12H,8-9H2,1H3,(H,22,23)/t12-/m1/s1. The number of thioether (sulfide) groups is 1. The van der Waals surface area contributed by atoms with Gasteiger partial charge < -0.3 is 14.8 Å². The lowest BCUT2D eigenvalue weighted by Crippen LogP contribution is -2.23. The van der Waals surface area contributed by atoms with E-state index in [2.05, 4.69) is 15.3 Å². The van der Waals surface area contributed by atoms with Crippen molar-refractivity contribution in [1.82, 2.24) is 9.97 Å². The van der Waals surface area contributed by atoms with Gasteiger partial charge in [-0.3, -0.25) is 4.79 Å². The molecular formula is C19H17N3O3S. The summed E-state index contributed by atoms with van der Waals surface area (Å²) in [6.07, 6.45) is 1.52. The molecule has 1 aromatic heterocycles. The van der Waals surface area contributed by atoms with Crippen LogP contribution in [-0.4, -0.2) is 34.3 Å². The highest BCUT2D eigenvalue weighted by molar-refractivity contribution is 8.00. The Labute approximate surface area is 154 Å². The van der Waals surface area contributed by atoms with Gasteiger partial charge >= 0.3 is 0 Å². The zero-order valence-electron chi connectivity index (χ0n) is 14.1. The van der Waals surface area contributed by atoms with Crippen LogP contribution in [0.25, 0.3) is 10.9 Å². The molecule has 4 rings (SSSR count). The van der Waals surface area contributed by atoms with Crippen molar-refractivity contribution in [3.63, 3.8) is 0 Å². The van der Waals surface area contributed by atoms with Crippen LogP contribution in [0, 0.1) is 0 Å². The van der Waals surface area contributed by atoms with E-state index in [1.807, 2.05) is 37.3 Å². The van der Waals surface area contributed by atoms with E-state index in [-0.39, 0.29) is 11.2 Å². The Bertz CT molecular complexity index is 958. The summed E-state index contributed by atoms with van der Waals surface area (Å²) in [5, 5.41) is 4.34. The number of carbonyl (C=O) groups is 1. The van der Waals surface area contributed by atoms with Crippen molar-refractivity contribution in [2.24, 2.45) is 0 Å². The molecule has 2 aromatic carbocycles. The van der Waals surface area contributed by atoms with Gasteiger partial charge in [-0.05, 0) is 25.1 Å². The SMILES string of the molecule is C[C@@H](Sc1ncnc2ccccc12)C(=O)Nc1ccc2c(c1)OCCO2. The molecule has 7 heteroatoms. The van der Waals surface area contributed by atoms with Crippen LogP contribution in [0.5, 0.6) is 11.5 Å². The van der Waals surface area contributed by atoms with Crippen LogP contribution in [-0.2, 0) is 4.79 Å². The van der Waals surface area contributed by atoms with Crippen molar-refractivity contribution >= 4 is 34.3 Å². The van der Waals surface area contributed by atoms with Gasteiger partial charge in [0.2, 0.25) is 5.91 Å². The minimum Gasteiger partial charge on any atom is -0.486 e. The minimum absolute atomic E-state index is 0.102. The minimum atomic E-state index is -0.318. The first-order valence-corrected chi connectivity index (χ1v) is 9.15. The Morgan fingerprint density at radius 2 is 1.92 bits per heavy atom.